The molecule has 1 aromatic carbocycles. The summed E-state index contributed by atoms with van der Waals surface area (Å²) in [5.74, 6) is 0.221. The number of nitrogens with zero attached hydrogens (tertiary/aromatic N) is 4. The van der Waals surface area contributed by atoms with E-state index in [0.717, 1.165) is 11.3 Å². The Morgan fingerprint density at radius 1 is 1.04 bits per heavy atom. The lowest BCUT2D eigenvalue weighted by molar-refractivity contribution is 0.0566. The first-order chi connectivity index (χ1) is 13.5. The van der Waals surface area contributed by atoms with E-state index in [4.69, 9.17) is 4.74 Å². The largest absolute Gasteiger partial charge is 0.450 e. The summed E-state index contributed by atoms with van der Waals surface area (Å²) in [4.78, 5) is 36.8. The van der Waals surface area contributed by atoms with Crippen LogP contribution in [0.5, 0.6) is 0 Å². The first-order valence-electron chi connectivity index (χ1n) is 9.36. The Balaban J connectivity index is 1.68. The maximum Gasteiger partial charge on any atom is 0.409 e. The number of hydrogen-bond acceptors (Lipinski definition) is 6. The summed E-state index contributed by atoms with van der Waals surface area (Å²) in [6, 6.07) is 9.55. The Hall–Kier alpha value is -3.16. The van der Waals surface area contributed by atoms with Crippen molar-refractivity contribution >= 4 is 23.6 Å². The van der Waals surface area contributed by atoms with Crippen LogP contribution in [0.3, 0.4) is 0 Å². The number of rotatable bonds is 4. The standard InChI is InChI=1S/C20H25N5O3/c1-4-28-20(27)25-11-9-24(10-12-25)18(26)17-13-15(3)21-19(23-17)22-16-7-5-14(2)6-8-16/h5-8,13H,4,9-12H2,1-3H3,(H,21,22,23). The van der Waals surface area contributed by atoms with Gasteiger partial charge < -0.3 is 19.9 Å². The minimum atomic E-state index is -0.336. The predicted molar refractivity (Wildman–Crippen MR) is 106 cm³/mol. The van der Waals surface area contributed by atoms with E-state index in [1.165, 1.54) is 0 Å². The molecule has 1 fully saturated rings. The molecule has 0 unspecified atom stereocenters. The third kappa shape index (κ3) is 4.76. The van der Waals surface area contributed by atoms with Gasteiger partial charge in [-0.05, 0) is 39.0 Å². The SMILES string of the molecule is CCOC(=O)N1CCN(C(=O)c2cc(C)nc(Nc3ccc(C)cc3)n2)CC1. The number of piperazine rings is 1. The number of nitrogens with one attached hydrogen (secondary N) is 1. The second-order valence-electron chi connectivity index (χ2n) is 6.69. The molecule has 8 nitrogen and oxygen atoms in total. The van der Waals surface area contributed by atoms with Gasteiger partial charge in [-0.1, -0.05) is 17.7 Å². The number of anilines is 2. The second kappa shape index (κ2) is 8.69. The number of ether oxygens (including phenoxy) is 1. The van der Waals surface area contributed by atoms with Crippen LogP contribution in [-0.2, 0) is 4.74 Å². The molecule has 3 rings (SSSR count). The summed E-state index contributed by atoms with van der Waals surface area (Å²) in [6.45, 7) is 7.75. The van der Waals surface area contributed by atoms with Gasteiger partial charge in [0.15, 0.2) is 0 Å². The van der Waals surface area contributed by atoms with Gasteiger partial charge in [0.2, 0.25) is 5.95 Å². The van der Waals surface area contributed by atoms with E-state index in [1.807, 2.05) is 38.1 Å². The normalized spacial score (nSPS) is 14.0. The molecule has 1 aromatic heterocycles. The molecule has 2 aromatic rings. The number of aromatic nitrogens is 2. The van der Waals surface area contributed by atoms with Gasteiger partial charge in [-0.2, -0.15) is 0 Å². The van der Waals surface area contributed by atoms with Gasteiger partial charge >= 0.3 is 6.09 Å². The molecule has 1 aliphatic heterocycles. The van der Waals surface area contributed by atoms with Crippen molar-refractivity contribution < 1.29 is 14.3 Å². The third-order valence-corrected chi connectivity index (χ3v) is 4.47. The zero-order valence-electron chi connectivity index (χ0n) is 16.4. The molecule has 1 saturated heterocycles. The van der Waals surface area contributed by atoms with Crippen LogP contribution in [0.25, 0.3) is 0 Å². The van der Waals surface area contributed by atoms with Crippen LogP contribution in [0, 0.1) is 13.8 Å². The van der Waals surface area contributed by atoms with Gasteiger partial charge in [0.25, 0.3) is 5.91 Å². The number of carbonyl (C=O) groups excluding carboxylic acids is 2. The highest BCUT2D eigenvalue weighted by Crippen LogP contribution is 2.16. The van der Waals surface area contributed by atoms with E-state index in [9.17, 15) is 9.59 Å². The average molecular weight is 383 g/mol. The molecule has 8 heteroatoms. The molecule has 0 atom stereocenters. The third-order valence-electron chi connectivity index (χ3n) is 4.47. The minimum absolute atomic E-state index is 0.166. The van der Waals surface area contributed by atoms with Crippen LogP contribution in [0.2, 0.25) is 0 Å². The number of carbonyl (C=O) groups is 2. The lowest BCUT2D eigenvalue weighted by atomic mass is 10.2. The Morgan fingerprint density at radius 3 is 2.32 bits per heavy atom. The Bertz CT molecular complexity index is 845. The molecular formula is C20H25N5O3. The molecule has 1 aliphatic rings. The van der Waals surface area contributed by atoms with Crippen LogP contribution in [0.4, 0.5) is 16.4 Å². The van der Waals surface area contributed by atoms with Crippen molar-refractivity contribution in [1.82, 2.24) is 19.8 Å². The quantitative estimate of drug-likeness (QED) is 0.873. The van der Waals surface area contributed by atoms with E-state index < -0.39 is 0 Å². The van der Waals surface area contributed by atoms with E-state index in [0.29, 0.717) is 50.1 Å². The molecule has 0 bridgehead atoms. The van der Waals surface area contributed by atoms with Crippen LogP contribution < -0.4 is 5.32 Å². The van der Waals surface area contributed by atoms with Gasteiger partial charge in [-0.25, -0.2) is 14.8 Å². The summed E-state index contributed by atoms with van der Waals surface area (Å²) in [7, 11) is 0. The topological polar surface area (TPSA) is 87.7 Å². The summed E-state index contributed by atoms with van der Waals surface area (Å²) in [5.41, 5.74) is 3.07. The maximum atomic E-state index is 12.9. The lowest BCUT2D eigenvalue weighted by Crippen LogP contribution is -2.50. The van der Waals surface area contributed by atoms with E-state index in [1.54, 1.807) is 22.8 Å². The zero-order valence-corrected chi connectivity index (χ0v) is 16.4. The van der Waals surface area contributed by atoms with Gasteiger partial charge in [-0.3, -0.25) is 4.79 Å². The Kier molecular flexibility index (Phi) is 6.08. The molecule has 1 N–H and O–H groups in total. The molecular weight excluding hydrogens is 358 g/mol. The maximum absolute atomic E-state index is 12.9. The predicted octanol–water partition coefficient (Wildman–Crippen LogP) is 2.75. The summed E-state index contributed by atoms with van der Waals surface area (Å²) >= 11 is 0. The molecule has 2 amide bonds. The summed E-state index contributed by atoms with van der Waals surface area (Å²) < 4.78 is 5.01. The van der Waals surface area contributed by atoms with Gasteiger partial charge in [0.1, 0.15) is 5.69 Å². The minimum Gasteiger partial charge on any atom is -0.450 e. The molecule has 148 valence electrons. The van der Waals surface area contributed by atoms with Gasteiger partial charge in [0.05, 0.1) is 6.61 Å². The van der Waals surface area contributed by atoms with Crippen LogP contribution in [0.1, 0.15) is 28.7 Å². The van der Waals surface area contributed by atoms with Crippen molar-refractivity contribution in [1.29, 1.82) is 0 Å². The molecule has 0 radical (unpaired) electrons. The van der Waals surface area contributed by atoms with Crippen molar-refractivity contribution in [3.63, 3.8) is 0 Å². The zero-order chi connectivity index (χ0) is 20.1. The van der Waals surface area contributed by atoms with Crippen LogP contribution >= 0.6 is 0 Å². The van der Waals surface area contributed by atoms with Crippen molar-refractivity contribution in [2.75, 3.05) is 38.1 Å². The highest BCUT2D eigenvalue weighted by atomic mass is 16.6. The summed E-state index contributed by atoms with van der Waals surface area (Å²) in [6.07, 6.45) is -0.336. The number of amides is 2. The van der Waals surface area contributed by atoms with E-state index in [2.05, 4.69) is 15.3 Å². The van der Waals surface area contributed by atoms with Crippen molar-refractivity contribution in [3.8, 4) is 0 Å². The van der Waals surface area contributed by atoms with E-state index in [-0.39, 0.29) is 12.0 Å². The monoisotopic (exact) mass is 383 g/mol. The fourth-order valence-corrected chi connectivity index (χ4v) is 2.97. The number of aryl methyl sites for hydroxylation is 2. The van der Waals surface area contributed by atoms with Crippen LogP contribution in [0.15, 0.2) is 30.3 Å². The van der Waals surface area contributed by atoms with Crippen molar-refractivity contribution in [3.05, 3.63) is 47.3 Å². The van der Waals surface area contributed by atoms with Crippen LogP contribution in [-0.4, -0.2) is 64.6 Å². The first-order valence-corrected chi connectivity index (χ1v) is 9.36. The highest BCUT2D eigenvalue weighted by Gasteiger charge is 2.26. The Labute approximate surface area is 164 Å². The fraction of sp³-hybridized carbons (Fsp3) is 0.400. The second-order valence-corrected chi connectivity index (χ2v) is 6.69. The van der Waals surface area contributed by atoms with Gasteiger partial charge in [-0.15, -0.1) is 0 Å². The molecule has 0 aliphatic carbocycles. The van der Waals surface area contributed by atoms with E-state index >= 15 is 0 Å². The highest BCUT2D eigenvalue weighted by molar-refractivity contribution is 5.93. The van der Waals surface area contributed by atoms with Crippen molar-refractivity contribution in [2.45, 2.75) is 20.8 Å². The Morgan fingerprint density at radius 2 is 1.68 bits per heavy atom. The number of hydrogen-bond donors (Lipinski definition) is 1. The van der Waals surface area contributed by atoms with Crippen molar-refractivity contribution in [2.24, 2.45) is 0 Å². The number of benzene rings is 1. The molecule has 28 heavy (non-hydrogen) atoms. The van der Waals surface area contributed by atoms with Gasteiger partial charge in [0, 0.05) is 37.6 Å². The average Bonchev–Trinajstić information content (AvgIpc) is 2.69. The molecule has 0 spiro atoms. The smallest absolute Gasteiger partial charge is 0.409 e. The summed E-state index contributed by atoms with van der Waals surface area (Å²) in [5, 5.41) is 3.14. The fourth-order valence-electron chi connectivity index (χ4n) is 2.97. The first kappa shape index (κ1) is 19.6. The molecule has 0 saturated carbocycles. The molecule has 2 heterocycles. The lowest BCUT2D eigenvalue weighted by Gasteiger charge is -2.33.